The quantitative estimate of drug-likeness (QED) is 0.783. The Morgan fingerprint density at radius 3 is 2.36 bits per heavy atom. The average molecular weight is 193 g/mol. The second kappa shape index (κ2) is 4.01. The number of hydrogen-bond acceptors (Lipinski definition) is 2. The van der Waals surface area contributed by atoms with Gasteiger partial charge in [-0.15, -0.1) is 0 Å². The minimum Gasteiger partial charge on any atom is -0.496 e. The van der Waals surface area contributed by atoms with Crippen LogP contribution in [0.2, 0.25) is 0 Å². The van der Waals surface area contributed by atoms with Crippen molar-refractivity contribution in [2.24, 2.45) is 5.73 Å². The van der Waals surface area contributed by atoms with Crippen molar-refractivity contribution in [2.75, 3.05) is 7.11 Å². The van der Waals surface area contributed by atoms with Crippen LogP contribution in [0, 0.1) is 0 Å². The molecule has 0 bridgehead atoms. The molecule has 0 aliphatic heterocycles. The van der Waals surface area contributed by atoms with Gasteiger partial charge in [0.25, 0.3) is 0 Å². The zero-order chi connectivity index (χ0) is 10.8. The highest BCUT2D eigenvalue weighted by molar-refractivity contribution is 5.41. The van der Waals surface area contributed by atoms with Crippen molar-refractivity contribution in [1.29, 1.82) is 0 Å². The summed E-state index contributed by atoms with van der Waals surface area (Å²) in [5.41, 5.74) is 8.07. The fourth-order valence-corrected chi connectivity index (χ4v) is 1.47. The Kier molecular flexibility index (Phi) is 3.17. The molecule has 78 valence electrons. The van der Waals surface area contributed by atoms with Crippen LogP contribution in [0.4, 0.5) is 0 Å². The fraction of sp³-hybridized carbons (Fsp3) is 0.500. The molecule has 0 radical (unpaired) electrons. The lowest BCUT2D eigenvalue weighted by Gasteiger charge is -2.22. The summed E-state index contributed by atoms with van der Waals surface area (Å²) >= 11 is 0. The molecule has 2 heteroatoms. The van der Waals surface area contributed by atoms with Crippen LogP contribution in [-0.4, -0.2) is 7.11 Å². The molecule has 1 aromatic rings. The molecule has 0 saturated heterocycles. The van der Waals surface area contributed by atoms with E-state index in [1.54, 1.807) is 7.11 Å². The summed E-state index contributed by atoms with van der Waals surface area (Å²) in [4.78, 5) is 0. The molecule has 1 aromatic carbocycles. The van der Waals surface area contributed by atoms with Crippen LogP contribution in [0.5, 0.6) is 5.75 Å². The lowest BCUT2D eigenvalue weighted by molar-refractivity contribution is 0.397. The second-order valence-electron chi connectivity index (χ2n) is 4.49. The zero-order valence-electron chi connectivity index (χ0n) is 9.42. The van der Waals surface area contributed by atoms with Gasteiger partial charge < -0.3 is 10.5 Å². The summed E-state index contributed by atoms with van der Waals surface area (Å²) in [7, 11) is 1.70. The van der Waals surface area contributed by atoms with Gasteiger partial charge in [-0.25, -0.2) is 0 Å². The van der Waals surface area contributed by atoms with Gasteiger partial charge in [0, 0.05) is 6.54 Å². The van der Waals surface area contributed by atoms with Crippen molar-refractivity contribution >= 4 is 0 Å². The fourth-order valence-electron chi connectivity index (χ4n) is 1.47. The van der Waals surface area contributed by atoms with Crippen LogP contribution < -0.4 is 10.5 Å². The molecule has 0 unspecified atom stereocenters. The van der Waals surface area contributed by atoms with E-state index in [9.17, 15) is 0 Å². The highest BCUT2D eigenvalue weighted by Gasteiger charge is 2.18. The average Bonchev–Trinajstić information content (AvgIpc) is 2.15. The molecule has 0 fully saturated rings. The van der Waals surface area contributed by atoms with Gasteiger partial charge in [-0.2, -0.15) is 0 Å². The van der Waals surface area contributed by atoms with E-state index in [-0.39, 0.29) is 5.41 Å². The molecule has 0 aliphatic carbocycles. The SMILES string of the molecule is COc1ccc(CN)cc1C(C)(C)C. The Hall–Kier alpha value is -1.02. The predicted octanol–water partition coefficient (Wildman–Crippen LogP) is 2.45. The summed E-state index contributed by atoms with van der Waals surface area (Å²) in [5.74, 6) is 0.940. The Labute approximate surface area is 86.1 Å². The Morgan fingerprint density at radius 1 is 1.29 bits per heavy atom. The van der Waals surface area contributed by atoms with Gasteiger partial charge in [0.15, 0.2) is 0 Å². The molecule has 0 saturated carbocycles. The van der Waals surface area contributed by atoms with Crippen molar-refractivity contribution in [3.05, 3.63) is 29.3 Å². The third-order valence-electron chi connectivity index (χ3n) is 2.31. The molecule has 0 heterocycles. The van der Waals surface area contributed by atoms with Crippen LogP contribution in [0.1, 0.15) is 31.9 Å². The van der Waals surface area contributed by atoms with Crippen molar-refractivity contribution in [2.45, 2.75) is 32.7 Å². The predicted molar refractivity (Wildman–Crippen MR) is 59.6 cm³/mol. The van der Waals surface area contributed by atoms with E-state index in [2.05, 4.69) is 26.8 Å². The van der Waals surface area contributed by atoms with E-state index in [4.69, 9.17) is 10.5 Å². The first-order chi connectivity index (χ1) is 6.49. The molecular weight excluding hydrogens is 174 g/mol. The molecular formula is C12H19NO. The third kappa shape index (κ3) is 2.26. The maximum Gasteiger partial charge on any atom is 0.122 e. The minimum atomic E-state index is 0.0938. The zero-order valence-corrected chi connectivity index (χ0v) is 9.42. The number of nitrogens with two attached hydrogens (primary N) is 1. The van der Waals surface area contributed by atoms with E-state index in [1.807, 2.05) is 12.1 Å². The topological polar surface area (TPSA) is 35.2 Å². The maximum atomic E-state index is 5.61. The largest absolute Gasteiger partial charge is 0.496 e. The Bertz CT molecular complexity index is 313. The smallest absolute Gasteiger partial charge is 0.122 e. The molecule has 2 nitrogen and oxygen atoms in total. The van der Waals surface area contributed by atoms with Crippen molar-refractivity contribution in [3.63, 3.8) is 0 Å². The summed E-state index contributed by atoms with van der Waals surface area (Å²) in [5, 5.41) is 0. The van der Waals surface area contributed by atoms with Crippen LogP contribution in [-0.2, 0) is 12.0 Å². The van der Waals surface area contributed by atoms with Gasteiger partial charge in [0.05, 0.1) is 7.11 Å². The number of hydrogen-bond donors (Lipinski definition) is 1. The van der Waals surface area contributed by atoms with Crippen LogP contribution in [0.3, 0.4) is 0 Å². The monoisotopic (exact) mass is 193 g/mol. The Balaban J connectivity index is 3.22. The highest BCUT2D eigenvalue weighted by Crippen LogP contribution is 2.31. The lowest BCUT2D eigenvalue weighted by atomic mass is 9.85. The first kappa shape index (κ1) is 11.1. The molecule has 0 aliphatic rings. The van der Waals surface area contributed by atoms with Crippen LogP contribution in [0.15, 0.2) is 18.2 Å². The first-order valence-electron chi connectivity index (χ1n) is 4.86. The molecule has 0 atom stereocenters. The van der Waals surface area contributed by atoms with Gasteiger partial charge in [0.1, 0.15) is 5.75 Å². The van der Waals surface area contributed by atoms with Gasteiger partial charge in [-0.05, 0) is 22.6 Å². The van der Waals surface area contributed by atoms with Gasteiger partial charge in [-0.1, -0.05) is 32.9 Å². The molecule has 0 aromatic heterocycles. The summed E-state index contributed by atoms with van der Waals surface area (Å²) in [6.07, 6.45) is 0. The number of benzene rings is 1. The first-order valence-corrected chi connectivity index (χ1v) is 4.86. The molecule has 2 N–H and O–H groups in total. The van der Waals surface area contributed by atoms with Crippen molar-refractivity contribution in [3.8, 4) is 5.75 Å². The van der Waals surface area contributed by atoms with E-state index >= 15 is 0 Å². The number of methoxy groups -OCH3 is 1. The van der Waals surface area contributed by atoms with Crippen LogP contribution in [0.25, 0.3) is 0 Å². The van der Waals surface area contributed by atoms with E-state index < -0.39 is 0 Å². The summed E-state index contributed by atoms with van der Waals surface area (Å²) in [6.45, 7) is 7.09. The molecule has 14 heavy (non-hydrogen) atoms. The van der Waals surface area contributed by atoms with E-state index in [1.165, 1.54) is 5.56 Å². The molecule has 0 amide bonds. The number of ether oxygens (including phenoxy) is 1. The molecule has 1 rings (SSSR count). The summed E-state index contributed by atoms with van der Waals surface area (Å²) < 4.78 is 5.33. The van der Waals surface area contributed by atoms with Gasteiger partial charge in [-0.3, -0.25) is 0 Å². The molecule has 0 spiro atoms. The van der Waals surface area contributed by atoms with Crippen molar-refractivity contribution < 1.29 is 4.74 Å². The number of rotatable bonds is 2. The Morgan fingerprint density at radius 2 is 1.93 bits per heavy atom. The van der Waals surface area contributed by atoms with E-state index in [0.29, 0.717) is 6.54 Å². The highest BCUT2D eigenvalue weighted by atomic mass is 16.5. The third-order valence-corrected chi connectivity index (χ3v) is 2.31. The minimum absolute atomic E-state index is 0.0938. The second-order valence-corrected chi connectivity index (χ2v) is 4.49. The van der Waals surface area contributed by atoms with Crippen LogP contribution >= 0.6 is 0 Å². The normalized spacial score (nSPS) is 11.5. The van der Waals surface area contributed by atoms with E-state index in [0.717, 1.165) is 11.3 Å². The van der Waals surface area contributed by atoms with Gasteiger partial charge >= 0.3 is 0 Å². The lowest BCUT2D eigenvalue weighted by Crippen LogP contribution is -2.13. The van der Waals surface area contributed by atoms with Crippen molar-refractivity contribution in [1.82, 2.24) is 0 Å². The standard InChI is InChI=1S/C12H19NO/c1-12(2,3)10-7-9(8-13)5-6-11(10)14-4/h5-7H,8,13H2,1-4H3. The van der Waals surface area contributed by atoms with Gasteiger partial charge in [0.2, 0.25) is 0 Å². The summed E-state index contributed by atoms with van der Waals surface area (Å²) in [6, 6.07) is 6.12. The maximum absolute atomic E-state index is 5.61.